The summed E-state index contributed by atoms with van der Waals surface area (Å²) in [6, 6.07) is 8.03. The largest absolute Gasteiger partial charge is 0.378 e. The van der Waals surface area contributed by atoms with Crippen LogP contribution < -0.4 is 4.90 Å². The summed E-state index contributed by atoms with van der Waals surface area (Å²) in [5.74, 6) is 0. The van der Waals surface area contributed by atoms with Gasteiger partial charge in [0.05, 0.1) is 5.69 Å². The second-order valence-electron chi connectivity index (χ2n) is 4.05. The van der Waals surface area contributed by atoms with E-state index in [9.17, 15) is 0 Å². The highest BCUT2D eigenvalue weighted by Gasteiger charge is 2.09. The number of nitrogens with zero attached hydrogens (tertiary/aromatic N) is 4. The number of rotatable bonds is 3. The molecular weight excluding hydrogens is 232 g/mol. The predicted octanol–water partition coefficient (Wildman–Crippen LogP) is 3.27. The molecule has 0 fully saturated rings. The summed E-state index contributed by atoms with van der Waals surface area (Å²) in [7, 11) is 6.08. The summed E-state index contributed by atoms with van der Waals surface area (Å²) < 4.78 is 2.11. The first-order chi connectivity index (χ1) is 8.15. The van der Waals surface area contributed by atoms with Gasteiger partial charge in [-0.3, -0.25) is 0 Å². The fraction of sp³-hybridized carbons (Fsp3) is 0.333. The Balaban J connectivity index is 2.01. The van der Waals surface area contributed by atoms with Gasteiger partial charge in [-0.15, -0.1) is 5.11 Å². The first-order valence-electron chi connectivity index (χ1n) is 5.43. The van der Waals surface area contributed by atoms with E-state index in [1.165, 1.54) is 0 Å². The van der Waals surface area contributed by atoms with Crippen molar-refractivity contribution in [3.63, 3.8) is 0 Å². The molecule has 0 saturated heterocycles. The summed E-state index contributed by atoms with van der Waals surface area (Å²) in [6.45, 7) is 0.929. The molecule has 0 N–H and O–H groups in total. The fourth-order valence-corrected chi connectivity index (χ4v) is 2.12. The number of benzene rings is 1. The monoisotopic (exact) mass is 248 g/mol. The minimum absolute atomic E-state index is 0.881. The molecule has 0 saturated carbocycles. The Morgan fingerprint density at radius 2 is 1.88 bits per heavy atom. The third kappa shape index (κ3) is 3.31. The predicted molar refractivity (Wildman–Crippen MR) is 73.6 cm³/mol. The van der Waals surface area contributed by atoms with Crippen LogP contribution in [0.4, 0.5) is 11.4 Å². The lowest BCUT2D eigenvalue weighted by molar-refractivity contribution is 0.650. The summed E-state index contributed by atoms with van der Waals surface area (Å²) >= 11 is 1.62. The van der Waals surface area contributed by atoms with Crippen LogP contribution in [0.3, 0.4) is 0 Å². The molecule has 0 unspecified atom stereocenters. The van der Waals surface area contributed by atoms with Crippen molar-refractivity contribution < 1.29 is 0 Å². The van der Waals surface area contributed by atoms with E-state index < -0.39 is 0 Å². The molecular formula is C12H16N4S. The molecule has 0 atom stereocenters. The van der Waals surface area contributed by atoms with Crippen LogP contribution in [0.1, 0.15) is 0 Å². The highest BCUT2D eigenvalue weighted by Crippen LogP contribution is 2.28. The van der Waals surface area contributed by atoms with Crippen LogP contribution in [0.5, 0.6) is 0 Å². The van der Waals surface area contributed by atoms with E-state index in [1.54, 1.807) is 11.9 Å². The maximum Gasteiger partial charge on any atom is 0.131 e. The van der Waals surface area contributed by atoms with Crippen molar-refractivity contribution in [2.24, 2.45) is 10.2 Å². The number of likely N-dealkylation sites (N-methyl/N-ethyl adjacent to an activating group) is 1. The van der Waals surface area contributed by atoms with Crippen LogP contribution in [-0.2, 0) is 0 Å². The average molecular weight is 248 g/mol. The topological polar surface area (TPSA) is 31.2 Å². The first-order valence-corrected chi connectivity index (χ1v) is 6.21. The maximum absolute atomic E-state index is 4.21. The first kappa shape index (κ1) is 12.1. The Morgan fingerprint density at radius 1 is 1.18 bits per heavy atom. The van der Waals surface area contributed by atoms with E-state index in [-0.39, 0.29) is 0 Å². The van der Waals surface area contributed by atoms with Gasteiger partial charge in [0.15, 0.2) is 0 Å². The van der Waals surface area contributed by atoms with E-state index in [0.29, 0.717) is 0 Å². The molecule has 0 aromatic heterocycles. The van der Waals surface area contributed by atoms with Gasteiger partial charge in [-0.2, -0.15) is 5.11 Å². The third-order valence-corrected chi connectivity index (χ3v) is 3.30. The smallest absolute Gasteiger partial charge is 0.131 e. The Labute approximate surface area is 106 Å². The Hall–Kier alpha value is -1.33. The van der Waals surface area contributed by atoms with E-state index >= 15 is 0 Å². The lowest BCUT2D eigenvalue weighted by Gasteiger charge is -2.11. The maximum atomic E-state index is 4.21. The molecule has 1 aliphatic heterocycles. The molecule has 1 aromatic rings. The van der Waals surface area contributed by atoms with Gasteiger partial charge < -0.3 is 4.90 Å². The number of hydrogen-bond acceptors (Lipinski definition) is 5. The molecule has 5 heteroatoms. The minimum atomic E-state index is 0.881. The molecule has 0 spiro atoms. The molecule has 1 heterocycles. The fourth-order valence-electron chi connectivity index (χ4n) is 1.42. The molecule has 0 bridgehead atoms. The van der Waals surface area contributed by atoms with Crippen LogP contribution in [0.2, 0.25) is 0 Å². The van der Waals surface area contributed by atoms with Crippen molar-refractivity contribution in [1.29, 1.82) is 0 Å². The molecule has 0 aliphatic carbocycles. The van der Waals surface area contributed by atoms with Crippen LogP contribution in [0.15, 0.2) is 45.6 Å². The van der Waals surface area contributed by atoms with Gasteiger partial charge in [-0.05, 0) is 49.3 Å². The van der Waals surface area contributed by atoms with Gasteiger partial charge in [-0.25, -0.2) is 4.31 Å². The molecule has 1 aromatic carbocycles. The summed E-state index contributed by atoms with van der Waals surface area (Å²) in [5, 5.41) is 9.39. The molecule has 17 heavy (non-hydrogen) atoms. The summed E-state index contributed by atoms with van der Waals surface area (Å²) in [6.07, 6.45) is 2.07. The zero-order valence-electron chi connectivity index (χ0n) is 10.3. The van der Waals surface area contributed by atoms with Crippen molar-refractivity contribution in [3.8, 4) is 0 Å². The molecule has 90 valence electrons. The van der Waals surface area contributed by atoms with E-state index in [1.807, 2.05) is 45.4 Å². The van der Waals surface area contributed by atoms with Crippen LogP contribution in [-0.4, -0.2) is 32.0 Å². The lowest BCUT2D eigenvalue weighted by atomic mass is 10.3. The van der Waals surface area contributed by atoms with Crippen LogP contribution >= 0.6 is 11.9 Å². The second kappa shape index (κ2) is 5.33. The van der Waals surface area contributed by atoms with Crippen LogP contribution in [0, 0.1) is 0 Å². The van der Waals surface area contributed by atoms with Gasteiger partial charge in [0.1, 0.15) is 5.03 Å². The third-order valence-electron chi connectivity index (χ3n) is 2.40. The highest BCUT2D eigenvalue weighted by atomic mass is 32.2. The van der Waals surface area contributed by atoms with Crippen molar-refractivity contribution in [3.05, 3.63) is 35.4 Å². The minimum Gasteiger partial charge on any atom is -0.378 e. The van der Waals surface area contributed by atoms with E-state index in [0.717, 1.165) is 22.9 Å². The van der Waals surface area contributed by atoms with E-state index in [2.05, 4.69) is 25.5 Å². The zero-order chi connectivity index (χ0) is 12.3. The Bertz CT molecular complexity index is 436. The summed E-state index contributed by atoms with van der Waals surface area (Å²) in [4.78, 5) is 2.06. The normalized spacial score (nSPS) is 16.5. The standard InChI is InChI=1S/C12H16N4S/c1-15(2)11-6-4-10(5-7-11)13-14-12-8-9-16(3)17-12/h4-8H,9H2,1-3H3. The lowest BCUT2D eigenvalue weighted by Crippen LogP contribution is -2.07. The molecule has 1 aliphatic rings. The number of azo groups is 1. The molecule has 4 nitrogen and oxygen atoms in total. The van der Waals surface area contributed by atoms with Gasteiger partial charge >= 0.3 is 0 Å². The van der Waals surface area contributed by atoms with Crippen molar-refractivity contribution in [1.82, 2.24) is 4.31 Å². The summed E-state index contributed by atoms with van der Waals surface area (Å²) in [5.41, 5.74) is 2.05. The molecule has 0 amide bonds. The Morgan fingerprint density at radius 3 is 2.41 bits per heavy atom. The van der Waals surface area contributed by atoms with Gasteiger partial charge in [0.25, 0.3) is 0 Å². The van der Waals surface area contributed by atoms with Crippen molar-refractivity contribution in [2.45, 2.75) is 0 Å². The molecule has 0 radical (unpaired) electrons. The van der Waals surface area contributed by atoms with Gasteiger partial charge in [0.2, 0.25) is 0 Å². The Kier molecular flexibility index (Phi) is 3.81. The zero-order valence-corrected chi connectivity index (χ0v) is 11.1. The van der Waals surface area contributed by atoms with Gasteiger partial charge in [0, 0.05) is 26.3 Å². The molecule has 2 rings (SSSR count). The van der Waals surface area contributed by atoms with E-state index in [4.69, 9.17) is 0 Å². The van der Waals surface area contributed by atoms with Crippen molar-refractivity contribution >= 4 is 23.3 Å². The van der Waals surface area contributed by atoms with Crippen LogP contribution in [0.25, 0.3) is 0 Å². The second-order valence-corrected chi connectivity index (χ2v) is 5.28. The van der Waals surface area contributed by atoms with Gasteiger partial charge in [-0.1, -0.05) is 0 Å². The number of anilines is 1. The quantitative estimate of drug-likeness (QED) is 0.607. The average Bonchev–Trinajstić information content (AvgIpc) is 2.73. The number of hydrogen-bond donors (Lipinski definition) is 0. The SMILES string of the molecule is CN1CC=C(N=Nc2ccc(N(C)C)cc2)S1. The highest BCUT2D eigenvalue weighted by molar-refractivity contribution is 8.01. The van der Waals surface area contributed by atoms with Crippen molar-refractivity contribution in [2.75, 3.05) is 32.6 Å².